The van der Waals surface area contributed by atoms with E-state index in [1.807, 2.05) is 0 Å². The molecule has 2 aromatic rings. The lowest BCUT2D eigenvalue weighted by Gasteiger charge is -2.06. The van der Waals surface area contributed by atoms with Crippen LogP contribution in [0.5, 0.6) is 0 Å². The van der Waals surface area contributed by atoms with Gasteiger partial charge in [0.25, 0.3) is 5.91 Å². The van der Waals surface area contributed by atoms with Crippen molar-refractivity contribution in [2.45, 2.75) is 4.90 Å². The van der Waals surface area contributed by atoms with E-state index in [-0.39, 0.29) is 10.8 Å². The van der Waals surface area contributed by atoms with Crippen molar-refractivity contribution >= 4 is 33.0 Å². The summed E-state index contributed by atoms with van der Waals surface area (Å²) < 4.78 is 22.6. The van der Waals surface area contributed by atoms with Crippen LogP contribution in [-0.4, -0.2) is 25.6 Å². The van der Waals surface area contributed by atoms with E-state index in [1.165, 1.54) is 36.5 Å². The minimum Gasteiger partial charge on any atom is -0.322 e. The molecule has 7 heteroatoms. The number of hydrogen-bond donors (Lipinski definition) is 1. The fourth-order valence-corrected chi connectivity index (χ4v) is 2.24. The maximum atomic E-state index is 11.9. The van der Waals surface area contributed by atoms with Gasteiger partial charge in [-0.1, -0.05) is 11.6 Å². The van der Waals surface area contributed by atoms with Crippen molar-refractivity contribution < 1.29 is 13.2 Å². The molecule has 0 atom stereocenters. The van der Waals surface area contributed by atoms with Crippen molar-refractivity contribution in [2.75, 3.05) is 11.6 Å². The van der Waals surface area contributed by atoms with Gasteiger partial charge in [0.2, 0.25) is 0 Å². The molecule has 1 heterocycles. The molecule has 0 aliphatic carbocycles. The molecule has 0 aliphatic heterocycles. The summed E-state index contributed by atoms with van der Waals surface area (Å²) in [7, 11) is -3.24. The van der Waals surface area contributed by atoms with E-state index >= 15 is 0 Å². The zero-order valence-corrected chi connectivity index (χ0v) is 12.1. The Morgan fingerprint density at radius 3 is 2.30 bits per heavy atom. The molecule has 104 valence electrons. The number of pyridine rings is 1. The first-order chi connectivity index (χ1) is 9.36. The molecule has 1 amide bonds. The Balaban J connectivity index is 2.14. The third-order valence-corrected chi connectivity index (χ3v) is 3.88. The number of nitrogens with zero attached hydrogens (tertiary/aromatic N) is 1. The van der Waals surface area contributed by atoms with Crippen LogP contribution in [-0.2, 0) is 9.84 Å². The number of aromatic nitrogens is 1. The highest BCUT2D eigenvalue weighted by Crippen LogP contribution is 2.15. The van der Waals surface area contributed by atoms with E-state index in [2.05, 4.69) is 10.3 Å². The van der Waals surface area contributed by atoms with Gasteiger partial charge in [0.15, 0.2) is 9.84 Å². The van der Waals surface area contributed by atoms with E-state index in [4.69, 9.17) is 11.6 Å². The van der Waals surface area contributed by atoms with Crippen molar-refractivity contribution in [3.05, 3.63) is 53.3 Å². The second-order valence-electron chi connectivity index (χ2n) is 4.12. The molecule has 0 aliphatic rings. The zero-order valence-electron chi connectivity index (χ0n) is 10.5. The standard InChI is InChI=1S/C13H11ClN2O3S/c1-20(18,19)11-5-3-10(4-6-11)16-13(17)9-2-7-12(14)15-8-9/h2-8H,1H3,(H,16,17). The van der Waals surface area contributed by atoms with E-state index in [9.17, 15) is 13.2 Å². The normalized spacial score (nSPS) is 11.1. The number of nitrogens with one attached hydrogen (secondary N) is 1. The van der Waals surface area contributed by atoms with Crippen LogP contribution in [0.1, 0.15) is 10.4 Å². The molecule has 1 N–H and O–H groups in total. The Hall–Kier alpha value is -1.92. The Kier molecular flexibility index (Phi) is 4.06. The highest BCUT2D eigenvalue weighted by molar-refractivity contribution is 7.90. The number of anilines is 1. The second-order valence-corrected chi connectivity index (χ2v) is 6.52. The van der Waals surface area contributed by atoms with Gasteiger partial charge in [-0.25, -0.2) is 13.4 Å². The third-order valence-electron chi connectivity index (χ3n) is 2.53. The second kappa shape index (κ2) is 5.60. The molecule has 0 radical (unpaired) electrons. The van der Waals surface area contributed by atoms with Gasteiger partial charge in [-0.15, -0.1) is 0 Å². The summed E-state index contributed by atoms with van der Waals surface area (Å²) in [6.45, 7) is 0. The van der Waals surface area contributed by atoms with Gasteiger partial charge in [0.1, 0.15) is 5.15 Å². The number of carbonyl (C=O) groups excluding carboxylic acids is 1. The van der Waals surface area contributed by atoms with E-state index < -0.39 is 9.84 Å². The predicted octanol–water partition coefficient (Wildman–Crippen LogP) is 2.39. The van der Waals surface area contributed by atoms with E-state index in [0.717, 1.165) is 6.26 Å². The summed E-state index contributed by atoms with van der Waals surface area (Å²) in [6, 6.07) is 8.99. The molecule has 2 rings (SSSR count). The van der Waals surface area contributed by atoms with Gasteiger partial charge < -0.3 is 5.32 Å². The predicted molar refractivity (Wildman–Crippen MR) is 76.8 cm³/mol. The summed E-state index contributed by atoms with van der Waals surface area (Å²) in [5, 5.41) is 2.94. The van der Waals surface area contributed by atoms with Crippen LogP contribution in [0.25, 0.3) is 0 Å². The van der Waals surface area contributed by atoms with Gasteiger partial charge in [0.05, 0.1) is 10.5 Å². The molecule has 0 saturated heterocycles. The number of sulfone groups is 1. The summed E-state index contributed by atoms with van der Waals surface area (Å²) in [4.78, 5) is 15.9. The summed E-state index contributed by atoms with van der Waals surface area (Å²) >= 11 is 5.64. The van der Waals surface area contributed by atoms with Gasteiger partial charge in [-0.3, -0.25) is 4.79 Å². The SMILES string of the molecule is CS(=O)(=O)c1ccc(NC(=O)c2ccc(Cl)nc2)cc1. The van der Waals surface area contributed by atoms with E-state index in [0.29, 0.717) is 16.4 Å². The van der Waals surface area contributed by atoms with Crippen molar-refractivity contribution in [3.8, 4) is 0 Å². The highest BCUT2D eigenvalue weighted by Gasteiger charge is 2.09. The Labute approximate surface area is 121 Å². The van der Waals surface area contributed by atoms with Crippen molar-refractivity contribution in [2.24, 2.45) is 0 Å². The Morgan fingerprint density at radius 2 is 1.80 bits per heavy atom. The largest absolute Gasteiger partial charge is 0.322 e. The lowest BCUT2D eigenvalue weighted by atomic mass is 10.2. The first kappa shape index (κ1) is 14.5. The number of amides is 1. The highest BCUT2D eigenvalue weighted by atomic mass is 35.5. The minimum atomic E-state index is -3.24. The molecule has 0 bridgehead atoms. The number of halogens is 1. The lowest BCUT2D eigenvalue weighted by molar-refractivity contribution is 0.102. The molecule has 5 nitrogen and oxygen atoms in total. The molecular formula is C13H11ClN2O3S. The van der Waals surface area contributed by atoms with Crippen LogP contribution in [0.2, 0.25) is 5.15 Å². The number of benzene rings is 1. The van der Waals surface area contributed by atoms with Crippen molar-refractivity contribution in [3.63, 3.8) is 0 Å². The fourth-order valence-electron chi connectivity index (χ4n) is 1.50. The first-order valence-corrected chi connectivity index (χ1v) is 7.86. The monoisotopic (exact) mass is 310 g/mol. The number of hydrogen-bond acceptors (Lipinski definition) is 4. The van der Waals surface area contributed by atoms with Gasteiger partial charge in [-0.05, 0) is 36.4 Å². The quantitative estimate of drug-likeness (QED) is 0.883. The summed E-state index contributed by atoms with van der Waals surface area (Å²) in [6.07, 6.45) is 2.49. The number of carbonyl (C=O) groups is 1. The third kappa shape index (κ3) is 3.55. The average molecular weight is 311 g/mol. The summed E-state index contributed by atoms with van der Waals surface area (Å²) in [5.41, 5.74) is 0.860. The Morgan fingerprint density at radius 1 is 1.15 bits per heavy atom. The molecule has 0 fully saturated rings. The molecule has 1 aromatic carbocycles. The maximum Gasteiger partial charge on any atom is 0.257 e. The smallest absolute Gasteiger partial charge is 0.257 e. The van der Waals surface area contributed by atoms with Crippen molar-refractivity contribution in [1.29, 1.82) is 0 Å². The molecule has 0 saturated carbocycles. The topological polar surface area (TPSA) is 76.1 Å². The van der Waals surface area contributed by atoms with Crippen LogP contribution in [0.4, 0.5) is 5.69 Å². The van der Waals surface area contributed by atoms with Crippen LogP contribution in [0, 0.1) is 0 Å². The first-order valence-electron chi connectivity index (χ1n) is 5.59. The molecule has 0 unspecified atom stereocenters. The van der Waals surface area contributed by atoms with Crippen LogP contribution in [0.3, 0.4) is 0 Å². The lowest BCUT2D eigenvalue weighted by Crippen LogP contribution is -2.12. The fraction of sp³-hybridized carbons (Fsp3) is 0.0769. The summed E-state index contributed by atoms with van der Waals surface area (Å²) in [5.74, 6) is -0.346. The minimum absolute atomic E-state index is 0.198. The molecular weight excluding hydrogens is 300 g/mol. The average Bonchev–Trinajstić information content (AvgIpc) is 2.39. The van der Waals surface area contributed by atoms with Crippen LogP contribution >= 0.6 is 11.6 Å². The zero-order chi connectivity index (χ0) is 14.8. The molecule has 0 spiro atoms. The van der Waals surface area contributed by atoms with Gasteiger partial charge in [0, 0.05) is 18.1 Å². The maximum absolute atomic E-state index is 11.9. The van der Waals surface area contributed by atoms with E-state index in [1.54, 1.807) is 6.07 Å². The molecule has 1 aromatic heterocycles. The van der Waals surface area contributed by atoms with Gasteiger partial charge >= 0.3 is 0 Å². The van der Waals surface area contributed by atoms with Crippen LogP contribution < -0.4 is 5.32 Å². The number of rotatable bonds is 3. The van der Waals surface area contributed by atoms with Crippen molar-refractivity contribution in [1.82, 2.24) is 4.98 Å². The Bertz CT molecular complexity index is 725. The molecule has 20 heavy (non-hydrogen) atoms. The van der Waals surface area contributed by atoms with Crippen LogP contribution in [0.15, 0.2) is 47.5 Å². The van der Waals surface area contributed by atoms with Gasteiger partial charge in [-0.2, -0.15) is 0 Å².